The smallest absolute Gasteiger partial charge is 0.300 e. The van der Waals surface area contributed by atoms with E-state index in [4.69, 9.17) is 21.5 Å². The number of aryl methyl sites for hydroxylation is 1. The number of carbonyl (C=O) groups is 1. The largest absolute Gasteiger partial charge is 0.481 e. The number of halogens is 1. The molecule has 0 saturated heterocycles. The van der Waals surface area contributed by atoms with Crippen molar-refractivity contribution in [2.45, 2.75) is 26.5 Å². The number of aromatic nitrogens is 2. The molecule has 6 nitrogen and oxygen atoms in total. The highest BCUT2D eigenvalue weighted by atomic mass is 35.5. The molecule has 3 aromatic rings. The number of nitrogens with zero attached hydrogens (tertiary/aromatic N) is 3. The number of aliphatic imine (C=N–C) groups is 1. The van der Waals surface area contributed by atoms with Crippen LogP contribution in [0.3, 0.4) is 0 Å². The molecule has 0 fully saturated rings. The Bertz CT molecular complexity index is 1050. The lowest BCUT2D eigenvalue weighted by atomic mass is 10.0. The summed E-state index contributed by atoms with van der Waals surface area (Å²) >= 11 is 6.24. The van der Waals surface area contributed by atoms with Gasteiger partial charge in [-0.2, -0.15) is 0 Å². The van der Waals surface area contributed by atoms with Crippen molar-refractivity contribution in [3.05, 3.63) is 82.4 Å². The average Bonchev–Trinajstić information content (AvgIpc) is 2.99. The van der Waals surface area contributed by atoms with Crippen LogP contribution in [-0.4, -0.2) is 31.4 Å². The van der Waals surface area contributed by atoms with Crippen LogP contribution in [0.4, 0.5) is 0 Å². The SMILES string of the molecule is CC(=O)O.Cc1cn2c(n1)C(C)(O)N=C(c1ccccc1)c1cc(Cl)ccc1-2. The van der Waals surface area contributed by atoms with Crippen LogP contribution < -0.4 is 0 Å². The number of fused-ring (bicyclic) bond motifs is 3. The van der Waals surface area contributed by atoms with Crippen LogP contribution >= 0.6 is 11.6 Å². The molecule has 2 N–H and O–H groups in total. The topological polar surface area (TPSA) is 87.7 Å². The Hall–Kier alpha value is -2.96. The van der Waals surface area contributed by atoms with Crippen LogP contribution in [0.25, 0.3) is 5.69 Å². The number of benzene rings is 2. The van der Waals surface area contributed by atoms with Gasteiger partial charge in [-0.05, 0) is 32.0 Å². The standard InChI is InChI=1S/C19H16ClN3O.C2H4O2/c1-12-11-23-16-9-8-14(20)10-15(16)17(13-6-4-3-5-7-13)22-19(2,24)18(23)21-12;1-2(3)4/h3-11,24H,1-2H3;1H3,(H,3,4). The predicted octanol–water partition coefficient (Wildman–Crippen LogP) is 3.94. The van der Waals surface area contributed by atoms with Gasteiger partial charge in [0.25, 0.3) is 5.97 Å². The van der Waals surface area contributed by atoms with Gasteiger partial charge in [0.15, 0.2) is 5.82 Å². The van der Waals surface area contributed by atoms with E-state index in [0.29, 0.717) is 16.6 Å². The van der Waals surface area contributed by atoms with Crippen molar-refractivity contribution in [3.8, 4) is 5.69 Å². The minimum absolute atomic E-state index is 0.495. The van der Waals surface area contributed by atoms with Crippen LogP contribution in [0, 0.1) is 6.92 Å². The lowest BCUT2D eigenvalue weighted by molar-refractivity contribution is -0.134. The molecule has 2 heterocycles. The van der Waals surface area contributed by atoms with Gasteiger partial charge in [0.2, 0.25) is 5.72 Å². The number of aliphatic carboxylic acids is 1. The minimum Gasteiger partial charge on any atom is -0.481 e. The molecule has 144 valence electrons. The maximum atomic E-state index is 11.0. The first-order chi connectivity index (χ1) is 13.2. The van der Waals surface area contributed by atoms with Crippen molar-refractivity contribution < 1.29 is 15.0 Å². The fourth-order valence-corrected chi connectivity index (χ4v) is 3.24. The number of hydrogen-bond acceptors (Lipinski definition) is 4. The summed E-state index contributed by atoms with van der Waals surface area (Å²) in [7, 11) is 0. The summed E-state index contributed by atoms with van der Waals surface area (Å²) in [5.74, 6) is -0.338. The molecule has 1 atom stereocenters. The van der Waals surface area contributed by atoms with Crippen molar-refractivity contribution in [1.29, 1.82) is 0 Å². The van der Waals surface area contributed by atoms with Gasteiger partial charge in [0.05, 0.1) is 17.1 Å². The van der Waals surface area contributed by atoms with E-state index in [9.17, 15) is 5.11 Å². The van der Waals surface area contributed by atoms with Crippen LogP contribution in [0.5, 0.6) is 0 Å². The number of carboxylic acids is 1. The Kier molecular flexibility index (Phi) is 5.36. The molecule has 28 heavy (non-hydrogen) atoms. The van der Waals surface area contributed by atoms with Crippen molar-refractivity contribution in [2.24, 2.45) is 4.99 Å². The van der Waals surface area contributed by atoms with Crippen LogP contribution in [-0.2, 0) is 10.5 Å². The Labute approximate surface area is 167 Å². The second-order valence-electron chi connectivity index (χ2n) is 6.60. The van der Waals surface area contributed by atoms with E-state index in [1.807, 2.05) is 66.2 Å². The van der Waals surface area contributed by atoms with Gasteiger partial charge in [-0.1, -0.05) is 41.9 Å². The van der Waals surface area contributed by atoms with Gasteiger partial charge in [0, 0.05) is 29.3 Å². The number of carboxylic acid groups (broad SMARTS) is 1. The Morgan fingerprint density at radius 1 is 1.18 bits per heavy atom. The van der Waals surface area contributed by atoms with E-state index < -0.39 is 11.7 Å². The molecule has 4 rings (SSSR count). The number of rotatable bonds is 1. The van der Waals surface area contributed by atoms with Gasteiger partial charge in [-0.15, -0.1) is 0 Å². The Morgan fingerprint density at radius 2 is 1.82 bits per heavy atom. The van der Waals surface area contributed by atoms with E-state index >= 15 is 0 Å². The summed E-state index contributed by atoms with van der Waals surface area (Å²) < 4.78 is 1.89. The molecule has 0 amide bonds. The Balaban J connectivity index is 0.000000516. The first-order valence-corrected chi connectivity index (χ1v) is 9.01. The molecule has 0 radical (unpaired) electrons. The van der Waals surface area contributed by atoms with Gasteiger partial charge < -0.3 is 10.2 Å². The van der Waals surface area contributed by atoms with E-state index in [0.717, 1.165) is 29.4 Å². The fraction of sp³-hybridized carbons (Fsp3) is 0.190. The lowest BCUT2D eigenvalue weighted by Gasteiger charge is -2.17. The molecule has 1 aliphatic heterocycles. The van der Waals surface area contributed by atoms with Crippen LogP contribution in [0.15, 0.2) is 59.7 Å². The molecular weight excluding hydrogens is 378 g/mol. The second-order valence-corrected chi connectivity index (χ2v) is 7.04. The molecule has 0 bridgehead atoms. The van der Waals surface area contributed by atoms with Crippen molar-refractivity contribution in [2.75, 3.05) is 0 Å². The highest BCUT2D eigenvalue weighted by Crippen LogP contribution is 2.34. The number of hydrogen-bond donors (Lipinski definition) is 2. The normalized spacial score (nSPS) is 17.4. The molecule has 2 aromatic carbocycles. The molecule has 1 aliphatic rings. The van der Waals surface area contributed by atoms with Crippen LogP contribution in [0.2, 0.25) is 5.02 Å². The molecule has 1 aromatic heterocycles. The number of aliphatic hydroxyl groups is 1. The Morgan fingerprint density at radius 3 is 2.46 bits per heavy atom. The molecule has 0 saturated carbocycles. The minimum atomic E-state index is -1.44. The van der Waals surface area contributed by atoms with E-state index in [1.54, 1.807) is 6.92 Å². The zero-order valence-corrected chi connectivity index (χ0v) is 16.5. The van der Waals surface area contributed by atoms with Crippen molar-refractivity contribution in [3.63, 3.8) is 0 Å². The van der Waals surface area contributed by atoms with Gasteiger partial charge in [0.1, 0.15) is 0 Å². The zero-order chi connectivity index (χ0) is 20.5. The van der Waals surface area contributed by atoms with Gasteiger partial charge in [-0.25, -0.2) is 9.98 Å². The summed E-state index contributed by atoms with van der Waals surface area (Å²) in [5, 5.41) is 19.0. The van der Waals surface area contributed by atoms with Crippen molar-refractivity contribution >= 4 is 23.3 Å². The summed E-state index contributed by atoms with van der Waals surface area (Å²) in [6.07, 6.45) is 1.90. The number of imidazole rings is 1. The maximum Gasteiger partial charge on any atom is 0.300 e. The van der Waals surface area contributed by atoms with Crippen molar-refractivity contribution in [1.82, 2.24) is 9.55 Å². The maximum absolute atomic E-state index is 11.0. The highest BCUT2D eigenvalue weighted by Gasteiger charge is 2.34. The monoisotopic (exact) mass is 397 g/mol. The van der Waals surface area contributed by atoms with Gasteiger partial charge >= 0.3 is 0 Å². The third-order valence-corrected chi connectivity index (χ3v) is 4.34. The second kappa shape index (κ2) is 7.58. The van der Waals surface area contributed by atoms with E-state index in [-0.39, 0.29) is 0 Å². The predicted molar refractivity (Wildman–Crippen MR) is 108 cm³/mol. The first kappa shape index (κ1) is 19.8. The molecular formula is C21H20ClN3O3. The van der Waals surface area contributed by atoms with E-state index in [1.165, 1.54) is 0 Å². The summed E-state index contributed by atoms with van der Waals surface area (Å²) in [6, 6.07) is 15.4. The average molecular weight is 398 g/mol. The molecule has 1 unspecified atom stereocenters. The third kappa shape index (κ3) is 3.98. The molecule has 7 heteroatoms. The summed E-state index contributed by atoms with van der Waals surface area (Å²) in [6.45, 7) is 4.64. The van der Waals surface area contributed by atoms with Crippen LogP contribution in [0.1, 0.15) is 36.5 Å². The molecule has 0 aliphatic carbocycles. The van der Waals surface area contributed by atoms with E-state index in [2.05, 4.69) is 9.98 Å². The summed E-state index contributed by atoms with van der Waals surface area (Å²) in [5.41, 5.74) is 2.76. The summed E-state index contributed by atoms with van der Waals surface area (Å²) in [4.78, 5) is 18.1. The zero-order valence-electron chi connectivity index (χ0n) is 15.7. The first-order valence-electron chi connectivity index (χ1n) is 8.63. The lowest BCUT2D eigenvalue weighted by Crippen LogP contribution is -2.23. The molecule has 0 spiro atoms. The fourth-order valence-electron chi connectivity index (χ4n) is 3.07. The highest BCUT2D eigenvalue weighted by molar-refractivity contribution is 6.31. The third-order valence-electron chi connectivity index (χ3n) is 4.10. The quantitative estimate of drug-likeness (QED) is 0.651. The van der Waals surface area contributed by atoms with Gasteiger partial charge in [-0.3, -0.25) is 9.36 Å².